The molecule has 0 radical (unpaired) electrons. The molecule has 0 atom stereocenters. The Kier molecular flexibility index (Phi) is 5.56. The van der Waals surface area contributed by atoms with Crippen molar-refractivity contribution in [3.05, 3.63) is 48.0 Å². The maximum absolute atomic E-state index is 13.6. The van der Waals surface area contributed by atoms with Crippen molar-refractivity contribution in [2.24, 2.45) is 7.05 Å². The molecule has 3 fully saturated rings. The van der Waals surface area contributed by atoms with E-state index in [1.54, 1.807) is 11.1 Å². The summed E-state index contributed by atoms with van der Waals surface area (Å²) in [7, 11) is 1.89. The van der Waals surface area contributed by atoms with E-state index in [2.05, 4.69) is 17.1 Å². The molecular weight excluding hydrogens is 442 g/mol. The van der Waals surface area contributed by atoms with Gasteiger partial charge in [-0.15, -0.1) is 0 Å². The fourth-order valence-electron chi connectivity index (χ4n) is 5.65. The number of aliphatic hydroxyl groups excluding tert-OH is 1. The summed E-state index contributed by atoms with van der Waals surface area (Å²) in [6.07, 6.45) is 8.84. The van der Waals surface area contributed by atoms with Gasteiger partial charge >= 0.3 is 0 Å². The third-order valence-corrected chi connectivity index (χ3v) is 7.87. The van der Waals surface area contributed by atoms with E-state index in [0.29, 0.717) is 24.8 Å². The third-order valence-electron chi connectivity index (χ3n) is 7.87. The van der Waals surface area contributed by atoms with Gasteiger partial charge in [-0.1, -0.05) is 6.07 Å². The third kappa shape index (κ3) is 4.10. The second kappa shape index (κ2) is 8.75. The van der Waals surface area contributed by atoms with Crippen molar-refractivity contribution < 1.29 is 14.7 Å². The molecule has 0 unspecified atom stereocenters. The Morgan fingerprint density at radius 3 is 2.57 bits per heavy atom. The van der Waals surface area contributed by atoms with Crippen LogP contribution in [-0.2, 0) is 11.8 Å². The molecule has 35 heavy (non-hydrogen) atoms. The highest BCUT2D eigenvalue weighted by Gasteiger charge is 2.35. The van der Waals surface area contributed by atoms with Gasteiger partial charge < -0.3 is 19.5 Å². The fraction of sp³-hybridized carbons (Fsp3) is 0.481. The largest absolute Gasteiger partial charge is 0.393 e. The highest BCUT2D eigenvalue weighted by atomic mass is 16.3. The number of fused-ring (bicyclic) bond motifs is 1. The summed E-state index contributed by atoms with van der Waals surface area (Å²) >= 11 is 0. The van der Waals surface area contributed by atoms with Gasteiger partial charge in [0.25, 0.3) is 5.91 Å². The molecule has 1 aliphatic heterocycles. The summed E-state index contributed by atoms with van der Waals surface area (Å²) in [5.74, 6) is 0.702. The number of aromatic nitrogens is 3. The zero-order valence-electron chi connectivity index (χ0n) is 20.1. The van der Waals surface area contributed by atoms with Crippen molar-refractivity contribution in [2.45, 2.75) is 56.6 Å². The number of nitrogens with zero attached hydrogens (tertiary/aromatic N) is 5. The first-order valence-corrected chi connectivity index (χ1v) is 12.7. The number of aryl methyl sites for hydroxylation is 1. The van der Waals surface area contributed by atoms with Gasteiger partial charge in [-0.2, -0.15) is 0 Å². The molecule has 1 N–H and O–H groups in total. The topological polar surface area (TPSA) is 91.6 Å². The molecule has 2 saturated carbocycles. The van der Waals surface area contributed by atoms with Gasteiger partial charge in [0.2, 0.25) is 5.91 Å². The Balaban J connectivity index is 1.29. The summed E-state index contributed by atoms with van der Waals surface area (Å²) in [5, 5.41) is 9.79. The number of amides is 2. The molecular formula is C27H31N5O3. The molecule has 3 aromatic rings. The number of rotatable bonds is 4. The van der Waals surface area contributed by atoms with Gasteiger partial charge in [0.05, 0.1) is 17.1 Å². The zero-order chi connectivity index (χ0) is 24.1. The summed E-state index contributed by atoms with van der Waals surface area (Å²) in [6.45, 7) is 1.10. The molecule has 8 nitrogen and oxygen atoms in total. The maximum atomic E-state index is 13.6. The summed E-state index contributed by atoms with van der Waals surface area (Å²) in [5.41, 5.74) is 4.98. The number of hydrogen-bond acceptors (Lipinski definition) is 5. The monoisotopic (exact) mass is 473 g/mol. The van der Waals surface area contributed by atoms with Crippen molar-refractivity contribution in [1.82, 2.24) is 24.3 Å². The van der Waals surface area contributed by atoms with Crippen LogP contribution in [0, 0.1) is 0 Å². The molecule has 182 valence electrons. The molecule has 2 aromatic heterocycles. The quantitative estimate of drug-likeness (QED) is 0.629. The van der Waals surface area contributed by atoms with E-state index in [-0.39, 0.29) is 30.5 Å². The number of imidazole rings is 1. The number of aliphatic hydroxyl groups is 1. The highest BCUT2D eigenvalue weighted by Crippen LogP contribution is 2.43. The Labute approximate surface area is 204 Å². The molecule has 1 saturated heterocycles. The zero-order valence-corrected chi connectivity index (χ0v) is 20.1. The second-order valence-corrected chi connectivity index (χ2v) is 10.2. The fourth-order valence-corrected chi connectivity index (χ4v) is 5.65. The molecule has 3 heterocycles. The van der Waals surface area contributed by atoms with Gasteiger partial charge in [0, 0.05) is 49.7 Å². The van der Waals surface area contributed by atoms with Crippen molar-refractivity contribution >= 4 is 22.8 Å². The van der Waals surface area contributed by atoms with Crippen LogP contribution in [0.2, 0.25) is 0 Å². The lowest BCUT2D eigenvalue weighted by atomic mass is 9.91. The average molecular weight is 474 g/mol. The van der Waals surface area contributed by atoms with E-state index in [1.807, 2.05) is 34.8 Å². The van der Waals surface area contributed by atoms with Crippen molar-refractivity contribution in [3.8, 4) is 11.1 Å². The minimum absolute atomic E-state index is 0.0168. The van der Waals surface area contributed by atoms with Crippen LogP contribution < -0.4 is 0 Å². The van der Waals surface area contributed by atoms with Crippen LogP contribution >= 0.6 is 0 Å². The van der Waals surface area contributed by atoms with Gasteiger partial charge in [0.1, 0.15) is 6.54 Å². The maximum Gasteiger partial charge on any atom is 0.290 e. The van der Waals surface area contributed by atoms with Crippen LogP contribution in [0.3, 0.4) is 0 Å². The number of benzene rings is 1. The SMILES string of the molecule is Cn1c(C(=O)N2CCN([C@H]3CC[C@H](O)CC3)C(=O)C2)nc2c(-c3cccnc3)cc(C3CC3)cc21. The van der Waals surface area contributed by atoms with Crippen LogP contribution in [0.1, 0.15) is 60.6 Å². The molecule has 2 aliphatic carbocycles. The van der Waals surface area contributed by atoms with E-state index < -0.39 is 0 Å². The predicted octanol–water partition coefficient (Wildman–Crippen LogP) is 3.10. The normalized spacial score (nSPS) is 23.2. The Morgan fingerprint density at radius 2 is 1.89 bits per heavy atom. The highest BCUT2D eigenvalue weighted by molar-refractivity contribution is 6.00. The van der Waals surface area contributed by atoms with E-state index in [9.17, 15) is 14.7 Å². The van der Waals surface area contributed by atoms with Crippen LogP contribution in [0.4, 0.5) is 0 Å². The van der Waals surface area contributed by atoms with E-state index in [0.717, 1.165) is 47.8 Å². The molecule has 0 spiro atoms. The minimum Gasteiger partial charge on any atom is -0.393 e. The summed E-state index contributed by atoms with van der Waals surface area (Å²) < 4.78 is 1.88. The molecule has 3 aliphatic rings. The van der Waals surface area contributed by atoms with Gasteiger partial charge in [-0.3, -0.25) is 14.6 Å². The van der Waals surface area contributed by atoms with Crippen molar-refractivity contribution in [3.63, 3.8) is 0 Å². The second-order valence-electron chi connectivity index (χ2n) is 10.2. The predicted molar refractivity (Wildman–Crippen MR) is 132 cm³/mol. The van der Waals surface area contributed by atoms with E-state index >= 15 is 0 Å². The molecule has 1 aromatic carbocycles. The summed E-state index contributed by atoms with van der Waals surface area (Å²) in [6, 6.07) is 8.47. The first-order chi connectivity index (χ1) is 17.0. The Morgan fingerprint density at radius 1 is 1.09 bits per heavy atom. The number of pyridine rings is 1. The molecule has 8 heteroatoms. The lowest BCUT2D eigenvalue weighted by molar-refractivity contribution is -0.138. The van der Waals surface area contributed by atoms with Crippen LogP contribution in [0.25, 0.3) is 22.2 Å². The van der Waals surface area contributed by atoms with Crippen molar-refractivity contribution in [2.75, 3.05) is 19.6 Å². The first kappa shape index (κ1) is 22.2. The van der Waals surface area contributed by atoms with Gasteiger partial charge in [-0.05, 0) is 68.2 Å². The number of carbonyl (C=O) groups excluding carboxylic acids is 2. The van der Waals surface area contributed by atoms with Crippen LogP contribution in [0.5, 0.6) is 0 Å². The van der Waals surface area contributed by atoms with E-state index in [1.165, 1.54) is 18.4 Å². The Bertz CT molecular complexity index is 1270. The number of piperazine rings is 1. The number of hydrogen-bond donors (Lipinski definition) is 1. The minimum atomic E-state index is -0.251. The average Bonchev–Trinajstić information content (AvgIpc) is 3.68. The summed E-state index contributed by atoms with van der Waals surface area (Å²) in [4.78, 5) is 39.2. The molecule has 0 bridgehead atoms. The van der Waals surface area contributed by atoms with E-state index in [4.69, 9.17) is 4.98 Å². The number of carbonyl (C=O) groups is 2. The lowest BCUT2D eigenvalue weighted by Crippen LogP contribution is -2.56. The first-order valence-electron chi connectivity index (χ1n) is 12.7. The van der Waals surface area contributed by atoms with Gasteiger partial charge in [-0.25, -0.2) is 4.98 Å². The lowest BCUT2D eigenvalue weighted by Gasteiger charge is -2.41. The van der Waals surface area contributed by atoms with Crippen LogP contribution in [0.15, 0.2) is 36.7 Å². The standard InChI is InChI=1S/C27H31N5O3/c1-30-23-14-19(17-4-5-17)13-22(18-3-2-10-28-15-18)25(23)29-26(30)27(35)31-11-12-32(24(34)16-31)20-6-8-21(33)9-7-20/h2-3,10,13-15,17,20-21,33H,4-9,11-12,16H2,1H3/t20-,21-. The van der Waals surface area contributed by atoms with Crippen LogP contribution in [-0.4, -0.2) is 73.0 Å². The van der Waals surface area contributed by atoms with Gasteiger partial charge in [0.15, 0.2) is 5.82 Å². The molecule has 2 amide bonds. The Hall–Kier alpha value is -3.26. The van der Waals surface area contributed by atoms with Crippen molar-refractivity contribution in [1.29, 1.82) is 0 Å². The smallest absolute Gasteiger partial charge is 0.290 e. The molecule has 6 rings (SSSR count).